The van der Waals surface area contributed by atoms with Gasteiger partial charge in [-0.1, -0.05) is 17.7 Å². The predicted octanol–water partition coefficient (Wildman–Crippen LogP) is 6.47. The number of hydrogen-bond donors (Lipinski definition) is 1. The number of ether oxygens (including phenoxy) is 2. The van der Waals surface area contributed by atoms with E-state index in [-0.39, 0.29) is 61.0 Å². The fourth-order valence-corrected chi connectivity index (χ4v) is 8.30. The van der Waals surface area contributed by atoms with Crippen LogP contribution in [0.3, 0.4) is 0 Å². The summed E-state index contributed by atoms with van der Waals surface area (Å²) in [6, 6.07) is 6.22. The van der Waals surface area contributed by atoms with Gasteiger partial charge in [-0.15, -0.1) is 11.3 Å². The third-order valence-electron chi connectivity index (χ3n) is 9.23. The Morgan fingerprint density at radius 2 is 2.11 bits per heavy atom. The summed E-state index contributed by atoms with van der Waals surface area (Å²) >= 11 is 7.74. The standard InChI is InChI=1S/C31H30ClF3N6O2S/c1-16-5-9-42-10-8-41(16)29-19-11-21(32)24(18-3-4-22(34)27-23(18)20(13-36)28(37)44-27)25(35)26(19)38-30(39-29)43-15-31-6-2-7-40(31)14-17(33)12-31/h3-4,11,16-17H,2,5-10,12,14-15,37H2,1H3/t16-,17+,31-/m0/s1. The number of nitrogens with two attached hydrogens (primary N) is 1. The van der Waals surface area contributed by atoms with Gasteiger partial charge in [0.25, 0.3) is 0 Å². The average Bonchev–Trinajstić information content (AvgIpc) is 3.58. The van der Waals surface area contributed by atoms with Crippen molar-refractivity contribution in [1.29, 1.82) is 5.26 Å². The summed E-state index contributed by atoms with van der Waals surface area (Å²) in [6.45, 7) is 4.95. The second-order valence-electron chi connectivity index (χ2n) is 11.8. The van der Waals surface area contributed by atoms with Crippen LogP contribution in [-0.4, -0.2) is 72.1 Å². The van der Waals surface area contributed by atoms with E-state index in [2.05, 4.69) is 9.88 Å². The largest absolute Gasteiger partial charge is 0.461 e. The highest BCUT2D eigenvalue weighted by Crippen LogP contribution is 2.46. The summed E-state index contributed by atoms with van der Waals surface area (Å²) < 4.78 is 58.2. The molecule has 3 aliphatic rings. The third kappa shape index (κ3) is 4.72. The molecule has 0 spiro atoms. The van der Waals surface area contributed by atoms with Gasteiger partial charge in [-0.05, 0) is 50.4 Å². The summed E-state index contributed by atoms with van der Waals surface area (Å²) in [6.07, 6.45) is 1.92. The zero-order valence-corrected chi connectivity index (χ0v) is 25.6. The molecule has 3 atom stereocenters. The first kappa shape index (κ1) is 29.3. The number of nitrogen functional groups attached to an aromatic ring is 1. The van der Waals surface area contributed by atoms with Crippen molar-refractivity contribution in [2.24, 2.45) is 0 Å². The maximum absolute atomic E-state index is 16.9. The normalized spacial score (nSPS) is 24.1. The summed E-state index contributed by atoms with van der Waals surface area (Å²) in [5.41, 5.74) is 5.83. The van der Waals surface area contributed by atoms with E-state index in [0.29, 0.717) is 43.9 Å². The molecule has 0 aliphatic carbocycles. The molecule has 13 heteroatoms. The highest BCUT2D eigenvalue weighted by atomic mass is 35.5. The minimum absolute atomic E-state index is 0.0136. The van der Waals surface area contributed by atoms with Crippen molar-refractivity contribution in [3.63, 3.8) is 0 Å². The molecule has 230 valence electrons. The molecule has 5 heterocycles. The van der Waals surface area contributed by atoms with Gasteiger partial charge in [0.2, 0.25) is 0 Å². The lowest BCUT2D eigenvalue weighted by Gasteiger charge is -2.31. The molecule has 0 unspecified atom stereocenters. The lowest BCUT2D eigenvalue weighted by Crippen LogP contribution is -2.43. The molecule has 2 aromatic carbocycles. The van der Waals surface area contributed by atoms with Crippen LogP contribution in [0, 0.1) is 23.0 Å². The molecule has 0 amide bonds. The van der Waals surface area contributed by atoms with E-state index in [1.165, 1.54) is 12.1 Å². The minimum atomic E-state index is -0.927. The molecular weight excluding hydrogens is 613 g/mol. The summed E-state index contributed by atoms with van der Waals surface area (Å²) in [5.74, 6) is -0.876. The van der Waals surface area contributed by atoms with Crippen molar-refractivity contribution in [1.82, 2.24) is 14.9 Å². The van der Waals surface area contributed by atoms with Crippen molar-refractivity contribution in [2.45, 2.75) is 50.4 Å². The van der Waals surface area contributed by atoms with Gasteiger partial charge in [0, 0.05) is 48.5 Å². The Kier molecular flexibility index (Phi) is 7.48. The molecule has 2 N–H and O–H groups in total. The molecule has 0 radical (unpaired) electrons. The van der Waals surface area contributed by atoms with Crippen LogP contribution in [0.1, 0.15) is 38.2 Å². The highest BCUT2D eigenvalue weighted by molar-refractivity contribution is 7.23. The zero-order chi connectivity index (χ0) is 30.7. The Balaban J connectivity index is 1.41. The van der Waals surface area contributed by atoms with Crippen LogP contribution in [0.5, 0.6) is 6.01 Å². The number of aromatic nitrogens is 2. The van der Waals surface area contributed by atoms with Crippen molar-refractivity contribution in [2.75, 3.05) is 50.1 Å². The fraction of sp³-hybridized carbons (Fsp3) is 0.452. The minimum Gasteiger partial charge on any atom is -0.461 e. The molecule has 8 nitrogen and oxygen atoms in total. The summed E-state index contributed by atoms with van der Waals surface area (Å²) in [5, 5.41) is 10.6. The topological polar surface area (TPSA) is 101 Å². The Hall–Kier alpha value is -3.37. The van der Waals surface area contributed by atoms with E-state index in [9.17, 15) is 14.0 Å². The van der Waals surface area contributed by atoms with Crippen molar-refractivity contribution < 1.29 is 22.6 Å². The van der Waals surface area contributed by atoms with Crippen molar-refractivity contribution in [3.05, 3.63) is 40.4 Å². The molecule has 0 saturated carbocycles. The lowest BCUT2D eigenvalue weighted by atomic mass is 9.95. The first-order valence-electron chi connectivity index (χ1n) is 14.7. The molecule has 7 rings (SSSR count). The van der Waals surface area contributed by atoms with Gasteiger partial charge in [0.15, 0.2) is 5.82 Å². The van der Waals surface area contributed by atoms with E-state index in [1.807, 2.05) is 17.9 Å². The van der Waals surface area contributed by atoms with Crippen LogP contribution in [0.4, 0.5) is 24.0 Å². The van der Waals surface area contributed by atoms with Gasteiger partial charge in [0.05, 0.1) is 27.4 Å². The maximum Gasteiger partial charge on any atom is 0.319 e. The Bertz CT molecular complexity index is 1830. The highest BCUT2D eigenvalue weighted by Gasteiger charge is 2.49. The number of nitrogens with zero attached hydrogens (tertiary/aromatic N) is 5. The Morgan fingerprint density at radius 3 is 2.93 bits per heavy atom. The predicted molar refractivity (Wildman–Crippen MR) is 165 cm³/mol. The number of benzene rings is 2. The van der Waals surface area contributed by atoms with Crippen LogP contribution >= 0.6 is 22.9 Å². The smallest absolute Gasteiger partial charge is 0.319 e. The molecule has 2 aromatic heterocycles. The van der Waals surface area contributed by atoms with Gasteiger partial charge in [-0.2, -0.15) is 15.2 Å². The number of alkyl halides is 1. The van der Waals surface area contributed by atoms with Gasteiger partial charge in [0.1, 0.15) is 41.0 Å². The van der Waals surface area contributed by atoms with Crippen LogP contribution in [0.15, 0.2) is 18.2 Å². The number of hydrogen-bond acceptors (Lipinski definition) is 9. The van der Waals surface area contributed by atoms with Crippen LogP contribution in [0.2, 0.25) is 5.02 Å². The SMILES string of the molecule is C[C@H]1CCOCCN1c1nc(OC[C@@]23CCCN2C[C@H](F)C3)nc2c(F)c(-c3ccc(F)c4sc(N)c(C#N)c34)c(Cl)cc12. The lowest BCUT2D eigenvalue weighted by molar-refractivity contribution is 0.107. The van der Waals surface area contributed by atoms with Crippen LogP contribution in [-0.2, 0) is 4.74 Å². The number of nitriles is 1. The molecular formula is C31H30ClF3N6O2S. The molecule has 3 fully saturated rings. The number of rotatable bonds is 5. The van der Waals surface area contributed by atoms with Crippen LogP contribution < -0.4 is 15.4 Å². The van der Waals surface area contributed by atoms with Crippen molar-refractivity contribution >= 4 is 54.7 Å². The molecule has 4 aromatic rings. The van der Waals surface area contributed by atoms with Gasteiger partial charge >= 0.3 is 6.01 Å². The first-order valence-corrected chi connectivity index (χ1v) is 15.9. The third-order valence-corrected chi connectivity index (χ3v) is 10.6. The van der Waals surface area contributed by atoms with E-state index in [0.717, 1.165) is 37.1 Å². The van der Waals surface area contributed by atoms with E-state index < -0.39 is 23.3 Å². The number of fused-ring (bicyclic) bond motifs is 3. The molecule has 0 bridgehead atoms. The molecule has 44 heavy (non-hydrogen) atoms. The summed E-state index contributed by atoms with van der Waals surface area (Å²) in [4.78, 5) is 13.5. The van der Waals surface area contributed by atoms with E-state index in [1.54, 1.807) is 6.07 Å². The van der Waals surface area contributed by atoms with Gasteiger partial charge in [-0.3, -0.25) is 4.90 Å². The summed E-state index contributed by atoms with van der Waals surface area (Å²) in [7, 11) is 0. The first-order chi connectivity index (χ1) is 21.2. The van der Waals surface area contributed by atoms with Gasteiger partial charge in [-0.25, -0.2) is 13.2 Å². The second-order valence-corrected chi connectivity index (χ2v) is 13.3. The van der Waals surface area contributed by atoms with Crippen LogP contribution in [0.25, 0.3) is 32.1 Å². The molecule has 3 saturated heterocycles. The Labute approximate surface area is 261 Å². The zero-order valence-electron chi connectivity index (χ0n) is 24.0. The van der Waals surface area contributed by atoms with E-state index >= 15 is 4.39 Å². The second kappa shape index (κ2) is 11.2. The fourth-order valence-electron chi connectivity index (χ4n) is 7.06. The Morgan fingerprint density at radius 1 is 1.27 bits per heavy atom. The monoisotopic (exact) mass is 642 g/mol. The number of halogens is 4. The maximum atomic E-state index is 16.9. The van der Waals surface area contributed by atoms with Gasteiger partial charge < -0.3 is 20.1 Å². The quantitative estimate of drug-likeness (QED) is 0.265. The molecule has 3 aliphatic heterocycles. The average molecular weight is 643 g/mol. The van der Waals surface area contributed by atoms with Crippen molar-refractivity contribution in [3.8, 4) is 23.2 Å². The number of thiophene rings is 1. The number of anilines is 2. The van der Waals surface area contributed by atoms with E-state index in [4.69, 9.17) is 31.8 Å².